The van der Waals surface area contributed by atoms with Gasteiger partial charge in [-0.25, -0.2) is 18.6 Å². The fraction of sp³-hybridized carbons (Fsp3) is 0.500. The van der Waals surface area contributed by atoms with Gasteiger partial charge in [-0.05, 0) is 0 Å². The summed E-state index contributed by atoms with van der Waals surface area (Å²) in [5, 5.41) is 8.55. The van der Waals surface area contributed by atoms with Crippen LogP contribution in [0.2, 0.25) is 0 Å². The van der Waals surface area contributed by atoms with Gasteiger partial charge in [0.15, 0.2) is 11.6 Å². The lowest BCUT2D eigenvalue weighted by atomic mass is 10.2. The lowest BCUT2D eigenvalue weighted by Gasteiger charge is -1.95. The van der Waals surface area contributed by atoms with Crippen LogP contribution in [-0.4, -0.2) is 16.1 Å². The summed E-state index contributed by atoms with van der Waals surface area (Å²) < 4.78 is 29.2. The summed E-state index contributed by atoms with van der Waals surface area (Å²) in [4.78, 5) is 14.0. The fourth-order valence-electron chi connectivity index (χ4n) is 0.897. The number of nitrogens with zero attached hydrogens (tertiary/aromatic N) is 1. The van der Waals surface area contributed by atoms with Gasteiger partial charge in [-0.1, -0.05) is 13.8 Å². The topological polar surface area (TPSA) is 63.3 Å². The van der Waals surface area contributed by atoms with Crippen molar-refractivity contribution in [2.75, 3.05) is 0 Å². The van der Waals surface area contributed by atoms with Gasteiger partial charge in [0.25, 0.3) is 6.43 Å². The molecule has 14 heavy (non-hydrogen) atoms. The molecule has 1 heterocycles. The van der Waals surface area contributed by atoms with Crippen LogP contribution >= 0.6 is 0 Å². The van der Waals surface area contributed by atoms with Crippen LogP contribution in [0.15, 0.2) is 4.42 Å². The van der Waals surface area contributed by atoms with Gasteiger partial charge in [0.05, 0.1) is 0 Å². The molecule has 0 unspecified atom stereocenters. The molecule has 0 bridgehead atoms. The van der Waals surface area contributed by atoms with Crippen molar-refractivity contribution in [1.29, 1.82) is 0 Å². The molecule has 0 fully saturated rings. The van der Waals surface area contributed by atoms with Crippen LogP contribution in [0.1, 0.15) is 48.3 Å². The Kier molecular flexibility index (Phi) is 2.83. The van der Waals surface area contributed by atoms with E-state index >= 15 is 0 Å². The predicted octanol–water partition coefficient (Wildman–Crippen LogP) is 2.43. The van der Waals surface area contributed by atoms with Crippen LogP contribution in [0.3, 0.4) is 0 Å². The molecule has 0 saturated carbocycles. The molecule has 0 spiro atoms. The van der Waals surface area contributed by atoms with E-state index in [4.69, 9.17) is 5.11 Å². The maximum absolute atomic E-state index is 12.3. The Morgan fingerprint density at radius 1 is 1.50 bits per heavy atom. The maximum Gasteiger partial charge on any atom is 0.358 e. The van der Waals surface area contributed by atoms with Crippen molar-refractivity contribution < 1.29 is 23.1 Å². The smallest absolute Gasteiger partial charge is 0.358 e. The second kappa shape index (κ2) is 3.73. The highest BCUT2D eigenvalue weighted by Gasteiger charge is 2.26. The quantitative estimate of drug-likeness (QED) is 0.823. The average molecular weight is 205 g/mol. The van der Waals surface area contributed by atoms with Gasteiger partial charge in [0, 0.05) is 5.92 Å². The van der Waals surface area contributed by atoms with Crippen molar-refractivity contribution in [2.45, 2.75) is 26.2 Å². The lowest BCUT2D eigenvalue weighted by Crippen LogP contribution is -2.01. The van der Waals surface area contributed by atoms with Gasteiger partial charge in [-0.2, -0.15) is 0 Å². The first-order chi connectivity index (χ1) is 6.43. The van der Waals surface area contributed by atoms with Crippen molar-refractivity contribution in [3.8, 4) is 0 Å². The van der Waals surface area contributed by atoms with E-state index < -0.39 is 23.8 Å². The molecule has 0 aliphatic heterocycles. The fourth-order valence-corrected chi connectivity index (χ4v) is 0.897. The molecule has 6 heteroatoms. The maximum atomic E-state index is 12.3. The highest BCUT2D eigenvalue weighted by molar-refractivity contribution is 5.86. The Bertz CT molecular complexity index is 346. The zero-order chi connectivity index (χ0) is 10.9. The molecule has 1 N–H and O–H groups in total. The molecule has 1 rings (SSSR count). The number of aromatic carboxylic acids is 1. The SMILES string of the molecule is CC(C)c1nc(C(=O)O)c(C(F)F)o1. The van der Waals surface area contributed by atoms with E-state index in [9.17, 15) is 13.6 Å². The summed E-state index contributed by atoms with van der Waals surface area (Å²) in [6.07, 6.45) is -2.96. The number of rotatable bonds is 3. The van der Waals surface area contributed by atoms with Gasteiger partial charge in [-0.3, -0.25) is 0 Å². The molecule has 0 aliphatic carbocycles. The Hall–Kier alpha value is -1.46. The normalized spacial score (nSPS) is 11.3. The molecule has 1 aromatic heterocycles. The Morgan fingerprint density at radius 2 is 2.07 bits per heavy atom. The second-order valence-electron chi connectivity index (χ2n) is 3.03. The third-order valence-electron chi connectivity index (χ3n) is 1.56. The highest BCUT2D eigenvalue weighted by Crippen LogP contribution is 2.26. The standard InChI is InChI=1S/C8H9F2NO3/c1-3(2)7-11-4(8(12)13)5(14-7)6(9)10/h3,6H,1-2H3,(H,12,13). The van der Waals surface area contributed by atoms with E-state index in [0.717, 1.165) is 0 Å². The van der Waals surface area contributed by atoms with Crippen LogP contribution in [0.4, 0.5) is 8.78 Å². The Morgan fingerprint density at radius 3 is 2.36 bits per heavy atom. The van der Waals surface area contributed by atoms with E-state index in [1.165, 1.54) is 0 Å². The second-order valence-corrected chi connectivity index (χ2v) is 3.03. The molecule has 0 aromatic carbocycles. The molecule has 0 saturated heterocycles. The number of carbonyl (C=O) groups is 1. The number of alkyl halides is 2. The largest absolute Gasteiger partial charge is 0.476 e. The molecular weight excluding hydrogens is 196 g/mol. The summed E-state index contributed by atoms with van der Waals surface area (Å²) >= 11 is 0. The number of hydrogen-bond donors (Lipinski definition) is 1. The van der Waals surface area contributed by atoms with Crippen LogP contribution < -0.4 is 0 Å². The van der Waals surface area contributed by atoms with Crippen molar-refractivity contribution in [1.82, 2.24) is 4.98 Å². The van der Waals surface area contributed by atoms with Crippen molar-refractivity contribution in [2.24, 2.45) is 0 Å². The summed E-state index contributed by atoms with van der Waals surface area (Å²) in [5.41, 5.74) is -0.705. The number of oxazole rings is 1. The first-order valence-electron chi connectivity index (χ1n) is 3.95. The molecule has 4 nitrogen and oxygen atoms in total. The first kappa shape index (κ1) is 10.6. The van der Waals surface area contributed by atoms with Crippen LogP contribution in [-0.2, 0) is 0 Å². The van der Waals surface area contributed by atoms with E-state index in [1.54, 1.807) is 13.8 Å². The van der Waals surface area contributed by atoms with E-state index in [-0.39, 0.29) is 11.8 Å². The number of carboxylic acid groups (broad SMARTS) is 1. The monoisotopic (exact) mass is 205 g/mol. The number of halogens is 2. The molecule has 0 amide bonds. The molecule has 0 aliphatic rings. The van der Waals surface area contributed by atoms with Gasteiger partial charge in [0.2, 0.25) is 5.76 Å². The van der Waals surface area contributed by atoms with Crippen LogP contribution in [0.25, 0.3) is 0 Å². The van der Waals surface area contributed by atoms with Crippen molar-refractivity contribution in [3.05, 3.63) is 17.3 Å². The van der Waals surface area contributed by atoms with Gasteiger partial charge in [0.1, 0.15) is 0 Å². The highest BCUT2D eigenvalue weighted by atomic mass is 19.3. The zero-order valence-electron chi connectivity index (χ0n) is 7.62. The number of aromatic nitrogens is 1. The van der Waals surface area contributed by atoms with E-state index in [0.29, 0.717) is 0 Å². The third kappa shape index (κ3) is 1.89. The minimum Gasteiger partial charge on any atom is -0.476 e. The first-order valence-corrected chi connectivity index (χ1v) is 3.95. The van der Waals surface area contributed by atoms with E-state index in [1.807, 2.05) is 0 Å². The van der Waals surface area contributed by atoms with Crippen LogP contribution in [0, 0.1) is 0 Å². The van der Waals surface area contributed by atoms with Gasteiger partial charge < -0.3 is 9.52 Å². The third-order valence-corrected chi connectivity index (χ3v) is 1.56. The summed E-state index contributed by atoms with van der Waals surface area (Å²) in [5.74, 6) is -2.59. The summed E-state index contributed by atoms with van der Waals surface area (Å²) in [7, 11) is 0. The van der Waals surface area contributed by atoms with Crippen molar-refractivity contribution >= 4 is 5.97 Å². The predicted molar refractivity (Wildman–Crippen MR) is 42.5 cm³/mol. The zero-order valence-corrected chi connectivity index (χ0v) is 7.62. The molecule has 0 atom stereocenters. The van der Waals surface area contributed by atoms with Crippen LogP contribution in [0.5, 0.6) is 0 Å². The Balaban J connectivity index is 3.19. The molecular formula is C8H9F2NO3. The average Bonchev–Trinajstić information content (AvgIpc) is 2.47. The van der Waals surface area contributed by atoms with Crippen molar-refractivity contribution in [3.63, 3.8) is 0 Å². The van der Waals surface area contributed by atoms with E-state index in [2.05, 4.69) is 9.40 Å². The van der Waals surface area contributed by atoms with Gasteiger partial charge in [-0.15, -0.1) is 0 Å². The van der Waals surface area contributed by atoms with Gasteiger partial charge >= 0.3 is 5.97 Å². The minimum atomic E-state index is -2.96. The summed E-state index contributed by atoms with van der Waals surface area (Å²) in [6.45, 7) is 3.35. The number of hydrogen-bond acceptors (Lipinski definition) is 3. The summed E-state index contributed by atoms with van der Waals surface area (Å²) in [6, 6.07) is 0. The molecule has 0 radical (unpaired) electrons. The number of carboxylic acids is 1. The molecule has 1 aromatic rings. The minimum absolute atomic E-state index is 0.0118. The Labute approximate surface area is 78.6 Å². The lowest BCUT2D eigenvalue weighted by molar-refractivity contribution is 0.0667. The molecule has 78 valence electrons.